The molecule has 0 atom stereocenters. The van der Waals surface area contributed by atoms with Crippen molar-refractivity contribution in [3.05, 3.63) is 66.1 Å². The van der Waals surface area contributed by atoms with Gasteiger partial charge in [0.2, 0.25) is 15.9 Å². The van der Waals surface area contributed by atoms with Crippen LogP contribution in [-0.2, 0) is 21.3 Å². The molecule has 0 saturated carbocycles. The highest BCUT2D eigenvalue weighted by Gasteiger charge is 2.26. The molecule has 1 amide bonds. The molecule has 4 rings (SSSR count). The summed E-state index contributed by atoms with van der Waals surface area (Å²) in [4.78, 5) is 12.4. The van der Waals surface area contributed by atoms with Crippen molar-refractivity contribution < 1.29 is 22.4 Å². The average Bonchev–Trinajstić information content (AvgIpc) is 3.29. The van der Waals surface area contributed by atoms with Crippen LogP contribution in [0.2, 0.25) is 0 Å². The smallest absolute Gasteiger partial charge is 0.309 e. The molecule has 2 heterocycles. The number of morpholine rings is 1. The minimum Gasteiger partial charge on any atom is -0.412 e. The van der Waals surface area contributed by atoms with Gasteiger partial charge in [0.1, 0.15) is 0 Å². The van der Waals surface area contributed by atoms with E-state index in [0.717, 1.165) is 5.56 Å². The number of hydrogen-bond donors (Lipinski definition) is 1. The summed E-state index contributed by atoms with van der Waals surface area (Å²) in [6.45, 7) is 1.76. The number of sulfonamides is 1. The maximum atomic E-state index is 12.7. The van der Waals surface area contributed by atoms with Crippen LogP contribution >= 0.6 is 0 Å². The first-order chi connectivity index (χ1) is 14.5. The molecule has 10 heteroatoms. The van der Waals surface area contributed by atoms with Crippen molar-refractivity contribution in [2.45, 2.75) is 11.4 Å². The van der Waals surface area contributed by atoms with Crippen LogP contribution in [0.1, 0.15) is 16.2 Å². The van der Waals surface area contributed by atoms with Crippen molar-refractivity contribution in [3.8, 4) is 11.5 Å². The van der Waals surface area contributed by atoms with Gasteiger partial charge in [0.15, 0.2) is 0 Å². The molecule has 3 aromatic rings. The Hall–Kier alpha value is -3.08. The SMILES string of the molecule is O=C(NCc1ccccc1)c1nnc(-c2ccc(S(=O)(=O)N3CCOCC3)cc2)o1. The summed E-state index contributed by atoms with van der Waals surface area (Å²) < 4.78 is 37.4. The van der Waals surface area contributed by atoms with E-state index in [-0.39, 0.29) is 16.7 Å². The predicted molar refractivity (Wildman–Crippen MR) is 107 cm³/mol. The monoisotopic (exact) mass is 428 g/mol. The largest absolute Gasteiger partial charge is 0.412 e. The molecule has 2 aromatic carbocycles. The number of amides is 1. The molecule has 1 aromatic heterocycles. The first kappa shape index (κ1) is 20.2. The Bertz CT molecular complexity index is 1110. The number of nitrogens with one attached hydrogen (secondary N) is 1. The highest BCUT2D eigenvalue weighted by Crippen LogP contribution is 2.22. The topological polar surface area (TPSA) is 115 Å². The number of hydrogen-bond acceptors (Lipinski definition) is 7. The van der Waals surface area contributed by atoms with Gasteiger partial charge in [-0.25, -0.2) is 8.42 Å². The standard InChI is InChI=1S/C20H20N4O5S/c25-18(21-14-15-4-2-1-3-5-15)20-23-22-19(29-20)16-6-8-17(9-7-16)30(26,27)24-10-12-28-13-11-24/h1-9H,10-14H2,(H,21,25). The van der Waals surface area contributed by atoms with Gasteiger partial charge in [-0.05, 0) is 29.8 Å². The Labute approximate surface area is 173 Å². The first-order valence-electron chi connectivity index (χ1n) is 9.38. The number of nitrogens with zero attached hydrogens (tertiary/aromatic N) is 3. The second kappa shape index (κ2) is 8.74. The number of ether oxygens (including phenoxy) is 1. The van der Waals surface area contributed by atoms with Crippen LogP contribution < -0.4 is 5.32 Å². The third-order valence-corrected chi connectivity index (χ3v) is 6.54. The molecule has 1 aliphatic rings. The van der Waals surface area contributed by atoms with E-state index < -0.39 is 15.9 Å². The molecule has 0 spiro atoms. The summed E-state index contributed by atoms with van der Waals surface area (Å²) in [5, 5.41) is 10.4. The van der Waals surface area contributed by atoms with Crippen LogP contribution in [0.25, 0.3) is 11.5 Å². The molecule has 0 unspecified atom stereocenters. The van der Waals surface area contributed by atoms with Crippen LogP contribution in [0.4, 0.5) is 0 Å². The number of aromatic nitrogens is 2. The zero-order valence-corrected chi connectivity index (χ0v) is 16.8. The highest BCUT2D eigenvalue weighted by molar-refractivity contribution is 7.89. The lowest BCUT2D eigenvalue weighted by Gasteiger charge is -2.26. The van der Waals surface area contributed by atoms with Crippen LogP contribution in [0.15, 0.2) is 63.9 Å². The lowest BCUT2D eigenvalue weighted by molar-refractivity contribution is 0.0730. The highest BCUT2D eigenvalue weighted by atomic mass is 32.2. The minimum atomic E-state index is -3.58. The molecule has 0 radical (unpaired) electrons. The predicted octanol–water partition coefficient (Wildman–Crippen LogP) is 1.69. The van der Waals surface area contributed by atoms with Gasteiger partial charge >= 0.3 is 11.8 Å². The Morgan fingerprint density at radius 1 is 1.00 bits per heavy atom. The molecule has 0 aliphatic carbocycles. The number of carbonyl (C=O) groups is 1. The minimum absolute atomic E-state index is 0.134. The summed E-state index contributed by atoms with van der Waals surface area (Å²) in [5.74, 6) is -0.509. The van der Waals surface area contributed by atoms with E-state index >= 15 is 0 Å². The Morgan fingerprint density at radius 2 is 1.70 bits per heavy atom. The van der Waals surface area contributed by atoms with Crippen molar-refractivity contribution in [1.29, 1.82) is 0 Å². The van der Waals surface area contributed by atoms with E-state index in [2.05, 4.69) is 15.5 Å². The zero-order chi connectivity index (χ0) is 21.0. The van der Waals surface area contributed by atoms with Gasteiger partial charge in [-0.2, -0.15) is 4.31 Å². The molecule has 1 aliphatic heterocycles. The summed E-state index contributed by atoms with van der Waals surface area (Å²) >= 11 is 0. The third-order valence-electron chi connectivity index (χ3n) is 4.62. The third kappa shape index (κ3) is 4.40. The van der Waals surface area contributed by atoms with Gasteiger partial charge < -0.3 is 14.5 Å². The van der Waals surface area contributed by atoms with Crippen LogP contribution in [0.3, 0.4) is 0 Å². The molecule has 1 fully saturated rings. The Morgan fingerprint density at radius 3 is 2.40 bits per heavy atom. The number of carbonyl (C=O) groups excluding carboxylic acids is 1. The van der Waals surface area contributed by atoms with E-state index in [1.54, 1.807) is 12.1 Å². The first-order valence-corrected chi connectivity index (χ1v) is 10.8. The van der Waals surface area contributed by atoms with Gasteiger partial charge in [0.05, 0.1) is 18.1 Å². The summed E-state index contributed by atoms with van der Waals surface area (Å²) in [5.41, 5.74) is 1.47. The quantitative estimate of drug-likeness (QED) is 0.635. The lowest BCUT2D eigenvalue weighted by Crippen LogP contribution is -2.40. The second-order valence-electron chi connectivity index (χ2n) is 6.62. The van der Waals surface area contributed by atoms with Gasteiger partial charge in [0, 0.05) is 25.2 Å². The lowest BCUT2D eigenvalue weighted by atomic mass is 10.2. The fraction of sp³-hybridized carbons (Fsp3) is 0.250. The summed E-state index contributed by atoms with van der Waals surface area (Å²) in [6.07, 6.45) is 0. The normalized spacial score (nSPS) is 15.1. The molecule has 1 N–H and O–H groups in total. The van der Waals surface area contributed by atoms with Crippen molar-refractivity contribution >= 4 is 15.9 Å². The molecular formula is C20H20N4O5S. The van der Waals surface area contributed by atoms with E-state index in [1.165, 1.54) is 16.4 Å². The Kier molecular flexibility index (Phi) is 5.88. The van der Waals surface area contributed by atoms with E-state index in [0.29, 0.717) is 38.4 Å². The van der Waals surface area contributed by atoms with Crippen molar-refractivity contribution in [2.24, 2.45) is 0 Å². The maximum Gasteiger partial charge on any atom is 0.309 e. The van der Waals surface area contributed by atoms with Gasteiger partial charge in [-0.1, -0.05) is 30.3 Å². The van der Waals surface area contributed by atoms with Crippen molar-refractivity contribution in [1.82, 2.24) is 19.8 Å². The number of benzene rings is 2. The van der Waals surface area contributed by atoms with Crippen molar-refractivity contribution in [2.75, 3.05) is 26.3 Å². The van der Waals surface area contributed by atoms with E-state index in [4.69, 9.17) is 9.15 Å². The van der Waals surface area contributed by atoms with Crippen LogP contribution in [0.5, 0.6) is 0 Å². The summed E-state index contributed by atoms with van der Waals surface area (Å²) in [6, 6.07) is 15.6. The van der Waals surface area contributed by atoms with Gasteiger partial charge in [-0.15, -0.1) is 10.2 Å². The fourth-order valence-corrected chi connectivity index (χ4v) is 4.40. The Balaban J connectivity index is 1.43. The molecular weight excluding hydrogens is 408 g/mol. The fourth-order valence-electron chi connectivity index (χ4n) is 2.99. The van der Waals surface area contributed by atoms with E-state index in [9.17, 15) is 13.2 Å². The molecule has 30 heavy (non-hydrogen) atoms. The van der Waals surface area contributed by atoms with Gasteiger partial charge in [0.25, 0.3) is 0 Å². The van der Waals surface area contributed by atoms with Crippen LogP contribution in [0, 0.1) is 0 Å². The molecule has 1 saturated heterocycles. The van der Waals surface area contributed by atoms with Gasteiger partial charge in [-0.3, -0.25) is 4.79 Å². The summed E-state index contributed by atoms with van der Waals surface area (Å²) in [7, 11) is -3.58. The van der Waals surface area contributed by atoms with Crippen LogP contribution in [-0.4, -0.2) is 55.1 Å². The molecule has 156 valence electrons. The number of rotatable bonds is 6. The maximum absolute atomic E-state index is 12.7. The molecule has 0 bridgehead atoms. The van der Waals surface area contributed by atoms with Crippen molar-refractivity contribution in [3.63, 3.8) is 0 Å². The zero-order valence-electron chi connectivity index (χ0n) is 16.0. The molecule has 9 nitrogen and oxygen atoms in total. The van der Waals surface area contributed by atoms with E-state index in [1.807, 2.05) is 30.3 Å². The average molecular weight is 428 g/mol. The second-order valence-corrected chi connectivity index (χ2v) is 8.56.